The quantitative estimate of drug-likeness (QED) is 0.651. The Morgan fingerprint density at radius 2 is 1.37 bits per heavy atom. The average Bonchev–Trinajstić information content (AvgIpc) is 2.66. The lowest BCUT2D eigenvalue weighted by atomic mass is 9.88. The zero-order valence-corrected chi connectivity index (χ0v) is 15.8. The molecule has 0 radical (unpaired) electrons. The minimum atomic E-state index is -3.30. The van der Waals surface area contributed by atoms with Crippen LogP contribution in [0.5, 0.6) is 0 Å². The van der Waals surface area contributed by atoms with Crippen LogP contribution >= 0.6 is 0 Å². The van der Waals surface area contributed by atoms with Gasteiger partial charge in [-0.25, -0.2) is 13.4 Å². The summed E-state index contributed by atoms with van der Waals surface area (Å²) in [5.41, 5.74) is 13.8. The van der Waals surface area contributed by atoms with Crippen LogP contribution in [0.4, 0.5) is 11.6 Å². The number of sulfone groups is 1. The van der Waals surface area contributed by atoms with Crippen molar-refractivity contribution in [1.29, 1.82) is 0 Å². The van der Waals surface area contributed by atoms with Crippen molar-refractivity contribution in [2.45, 2.75) is 23.7 Å². The lowest BCUT2D eigenvalue weighted by molar-refractivity contribution is 0.588. The van der Waals surface area contributed by atoms with Crippen LogP contribution in [0.3, 0.4) is 0 Å². The van der Waals surface area contributed by atoms with Crippen molar-refractivity contribution in [2.75, 3.05) is 17.2 Å². The Balaban J connectivity index is 1.80. The van der Waals surface area contributed by atoms with E-state index in [-0.39, 0.29) is 11.7 Å². The van der Waals surface area contributed by atoms with E-state index in [0.29, 0.717) is 29.4 Å². The second-order valence-corrected chi connectivity index (χ2v) is 8.60. The molecule has 4 N–H and O–H groups in total. The molecule has 0 aliphatic heterocycles. The van der Waals surface area contributed by atoms with Crippen molar-refractivity contribution in [3.8, 4) is 0 Å². The molecule has 1 aromatic heterocycles. The maximum atomic E-state index is 12.5. The Morgan fingerprint density at radius 1 is 0.815 bits per heavy atom. The van der Waals surface area contributed by atoms with Gasteiger partial charge in [0.05, 0.1) is 10.6 Å². The second-order valence-electron chi connectivity index (χ2n) is 6.49. The molecule has 5 nitrogen and oxygen atoms in total. The van der Waals surface area contributed by atoms with Gasteiger partial charge in [0.15, 0.2) is 9.84 Å². The first-order valence-corrected chi connectivity index (χ1v) is 10.5. The molecule has 1 heterocycles. The summed E-state index contributed by atoms with van der Waals surface area (Å²) in [5.74, 6) is 0.826. The van der Waals surface area contributed by atoms with Gasteiger partial charge in [0.1, 0.15) is 11.6 Å². The van der Waals surface area contributed by atoms with E-state index >= 15 is 0 Å². The van der Waals surface area contributed by atoms with Crippen molar-refractivity contribution in [3.05, 3.63) is 83.9 Å². The largest absolute Gasteiger partial charge is 0.384 e. The summed E-state index contributed by atoms with van der Waals surface area (Å²) in [5, 5.41) is 0. The second kappa shape index (κ2) is 8.22. The highest BCUT2D eigenvalue weighted by molar-refractivity contribution is 7.91. The summed E-state index contributed by atoms with van der Waals surface area (Å²) in [6.45, 7) is 0. The number of nitrogens with two attached hydrogens (primary N) is 2. The molecule has 3 aromatic rings. The van der Waals surface area contributed by atoms with Gasteiger partial charge in [-0.1, -0.05) is 48.5 Å². The number of nitrogen functional groups attached to an aromatic ring is 2. The summed E-state index contributed by atoms with van der Waals surface area (Å²) in [7, 11) is -3.30. The first kappa shape index (κ1) is 18.9. The van der Waals surface area contributed by atoms with Crippen molar-refractivity contribution in [2.24, 2.45) is 0 Å². The van der Waals surface area contributed by atoms with Crippen LogP contribution in [0.25, 0.3) is 0 Å². The standard InChI is InChI=1S/C21H23N3O2S/c22-20-14-17(15-21(23)24-20)19(16-8-3-1-4-9-16)12-7-13-27(25,26)18-10-5-2-6-11-18/h1-6,8-11,14-15,19H,7,12-13H2,(H4,22,23,24). The van der Waals surface area contributed by atoms with Crippen LogP contribution in [0.15, 0.2) is 77.7 Å². The van der Waals surface area contributed by atoms with Crippen LogP contribution in [-0.4, -0.2) is 19.2 Å². The maximum Gasteiger partial charge on any atom is 0.178 e. The van der Waals surface area contributed by atoms with Gasteiger partial charge in [0, 0.05) is 5.92 Å². The first-order chi connectivity index (χ1) is 13.0. The molecule has 0 fully saturated rings. The monoisotopic (exact) mass is 381 g/mol. The molecule has 0 aliphatic rings. The molecular weight excluding hydrogens is 358 g/mol. The van der Waals surface area contributed by atoms with E-state index in [1.807, 2.05) is 36.4 Å². The van der Waals surface area contributed by atoms with Gasteiger partial charge in [-0.2, -0.15) is 0 Å². The van der Waals surface area contributed by atoms with Gasteiger partial charge in [-0.15, -0.1) is 0 Å². The fourth-order valence-corrected chi connectivity index (χ4v) is 4.59. The third-order valence-electron chi connectivity index (χ3n) is 4.50. The lowest BCUT2D eigenvalue weighted by Crippen LogP contribution is -2.10. The van der Waals surface area contributed by atoms with Crippen LogP contribution in [-0.2, 0) is 9.84 Å². The zero-order chi connectivity index (χ0) is 19.3. The Hall–Kier alpha value is -2.86. The maximum absolute atomic E-state index is 12.5. The normalized spacial score (nSPS) is 12.6. The molecule has 2 aromatic carbocycles. The highest BCUT2D eigenvalue weighted by Crippen LogP contribution is 2.31. The third kappa shape index (κ3) is 4.86. The van der Waals surface area contributed by atoms with Crippen LogP contribution in [0.2, 0.25) is 0 Å². The molecule has 140 valence electrons. The van der Waals surface area contributed by atoms with E-state index in [4.69, 9.17) is 11.5 Å². The number of nitrogens with zero attached hydrogens (tertiary/aromatic N) is 1. The summed E-state index contributed by atoms with van der Waals surface area (Å²) < 4.78 is 25.1. The van der Waals surface area contributed by atoms with E-state index in [9.17, 15) is 8.42 Å². The highest BCUT2D eigenvalue weighted by atomic mass is 32.2. The Morgan fingerprint density at radius 3 is 1.96 bits per heavy atom. The Labute approximate surface area is 160 Å². The van der Waals surface area contributed by atoms with Crippen molar-refractivity contribution >= 4 is 21.5 Å². The molecule has 0 amide bonds. The molecule has 0 bridgehead atoms. The van der Waals surface area contributed by atoms with Gasteiger partial charge >= 0.3 is 0 Å². The number of benzene rings is 2. The lowest BCUT2D eigenvalue weighted by Gasteiger charge is -2.19. The fraction of sp³-hybridized carbons (Fsp3) is 0.190. The zero-order valence-electron chi connectivity index (χ0n) is 15.0. The topological polar surface area (TPSA) is 99.1 Å². The summed E-state index contributed by atoms with van der Waals surface area (Å²) in [6.07, 6.45) is 1.19. The summed E-state index contributed by atoms with van der Waals surface area (Å²) >= 11 is 0. The van der Waals surface area contributed by atoms with Crippen molar-refractivity contribution in [3.63, 3.8) is 0 Å². The predicted octanol–water partition coefficient (Wildman–Crippen LogP) is 3.63. The molecule has 1 unspecified atom stereocenters. The summed E-state index contributed by atoms with van der Waals surface area (Å²) in [6, 6.07) is 22.1. The molecule has 0 aliphatic carbocycles. The third-order valence-corrected chi connectivity index (χ3v) is 6.32. The number of aromatic nitrogens is 1. The van der Waals surface area contributed by atoms with Gasteiger partial charge in [-0.3, -0.25) is 0 Å². The van der Waals surface area contributed by atoms with Crippen LogP contribution in [0.1, 0.15) is 29.9 Å². The van der Waals surface area contributed by atoms with E-state index < -0.39 is 9.84 Å². The van der Waals surface area contributed by atoms with Crippen LogP contribution in [0, 0.1) is 0 Å². The van der Waals surface area contributed by atoms with E-state index in [1.165, 1.54) is 0 Å². The molecule has 1 atom stereocenters. The summed E-state index contributed by atoms with van der Waals surface area (Å²) in [4.78, 5) is 4.39. The van der Waals surface area contributed by atoms with E-state index in [0.717, 1.165) is 11.1 Å². The Kier molecular flexibility index (Phi) is 5.76. The molecule has 27 heavy (non-hydrogen) atoms. The highest BCUT2D eigenvalue weighted by Gasteiger charge is 2.19. The minimum absolute atomic E-state index is 0.00442. The number of anilines is 2. The van der Waals surface area contributed by atoms with Crippen LogP contribution < -0.4 is 11.5 Å². The molecule has 6 heteroatoms. The number of hydrogen-bond acceptors (Lipinski definition) is 5. The van der Waals surface area contributed by atoms with Crippen molar-refractivity contribution in [1.82, 2.24) is 4.98 Å². The molecule has 0 saturated carbocycles. The molecule has 3 rings (SSSR count). The SMILES string of the molecule is Nc1cc(C(CCCS(=O)(=O)c2ccccc2)c2ccccc2)cc(N)n1. The van der Waals surface area contributed by atoms with E-state index in [1.54, 1.807) is 36.4 Å². The smallest absolute Gasteiger partial charge is 0.178 e. The average molecular weight is 382 g/mol. The Bertz CT molecular complexity index is 970. The molecule has 0 spiro atoms. The predicted molar refractivity (Wildman–Crippen MR) is 109 cm³/mol. The fourth-order valence-electron chi connectivity index (χ4n) is 3.23. The van der Waals surface area contributed by atoms with Gasteiger partial charge in [0.2, 0.25) is 0 Å². The minimum Gasteiger partial charge on any atom is -0.384 e. The number of hydrogen-bond donors (Lipinski definition) is 2. The number of rotatable bonds is 7. The number of pyridine rings is 1. The molecule has 0 saturated heterocycles. The van der Waals surface area contributed by atoms with E-state index in [2.05, 4.69) is 4.98 Å². The van der Waals surface area contributed by atoms with Crippen molar-refractivity contribution < 1.29 is 8.42 Å². The van der Waals surface area contributed by atoms with Gasteiger partial charge < -0.3 is 11.5 Å². The first-order valence-electron chi connectivity index (χ1n) is 8.81. The van der Waals surface area contributed by atoms with Gasteiger partial charge in [0.25, 0.3) is 0 Å². The molecular formula is C21H23N3O2S. The van der Waals surface area contributed by atoms with Gasteiger partial charge in [-0.05, 0) is 48.2 Å².